The molecule has 0 spiro atoms. The molecule has 0 aromatic carbocycles. The molecule has 2 aromatic heterocycles. The van der Waals surface area contributed by atoms with E-state index < -0.39 is 0 Å². The molecule has 0 saturated carbocycles. The molecule has 18 heavy (non-hydrogen) atoms. The number of aromatic nitrogens is 3. The maximum absolute atomic E-state index is 12.2. The number of fused-ring (bicyclic) bond motifs is 1. The minimum absolute atomic E-state index is 0.192. The number of aromatic amines is 1. The highest BCUT2D eigenvalue weighted by Crippen LogP contribution is 2.10. The van der Waals surface area contributed by atoms with Gasteiger partial charge in [-0.3, -0.25) is 4.79 Å². The standard InChI is InChI=1S/C12H14N4O2/c1-3-9-10(7-18-4-2)15-11-8(5-13)6-14-16(11)12(9)17/h6,15H,3-4,7H2,1-2H3. The Morgan fingerprint density at radius 3 is 2.94 bits per heavy atom. The Labute approximate surface area is 104 Å². The molecule has 6 heteroatoms. The maximum atomic E-state index is 12.2. The molecule has 2 heterocycles. The molecule has 2 rings (SSSR count). The number of H-pyrrole nitrogens is 1. The Morgan fingerprint density at radius 2 is 2.33 bits per heavy atom. The first-order valence-electron chi connectivity index (χ1n) is 5.82. The van der Waals surface area contributed by atoms with Gasteiger partial charge in [-0.15, -0.1) is 0 Å². The van der Waals surface area contributed by atoms with Crippen molar-refractivity contribution in [1.82, 2.24) is 14.6 Å². The van der Waals surface area contributed by atoms with Crippen LogP contribution in [0.2, 0.25) is 0 Å². The van der Waals surface area contributed by atoms with Gasteiger partial charge in [-0.25, -0.2) is 0 Å². The average molecular weight is 246 g/mol. The lowest BCUT2D eigenvalue weighted by Crippen LogP contribution is -2.23. The molecule has 0 aliphatic heterocycles. The molecular weight excluding hydrogens is 232 g/mol. The van der Waals surface area contributed by atoms with E-state index in [0.717, 1.165) is 0 Å². The molecule has 0 amide bonds. The van der Waals surface area contributed by atoms with Gasteiger partial charge in [-0.1, -0.05) is 6.92 Å². The van der Waals surface area contributed by atoms with Crippen molar-refractivity contribution in [3.8, 4) is 6.07 Å². The van der Waals surface area contributed by atoms with E-state index in [1.807, 2.05) is 19.9 Å². The van der Waals surface area contributed by atoms with Crippen LogP contribution in [0.15, 0.2) is 11.0 Å². The summed E-state index contributed by atoms with van der Waals surface area (Å²) < 4.78 is 6.56. The van der Waals surface area contributed by atoms with Crippen LogP contribution < -0.4 is 5.56 Å². The molecule has 0 unspecified atom stereocenters. The highest BCUT2D eigenvalue weighted by Gasteiger charge is 2.14. The molecule has 0 bridgehead atoms. The second-order valence-electron chi connectivity index (χ2n) is 3.81. The fraction of sp³-hybridized carbons (Fsp3) is 0.417. The van der Waals surface area contributed by atoms with E-state index in [9.17, 15) is 4.79 Å². The fourth-order valence-electron chi connectivity index (χ4n) is 1.87. The molecule has 0 fully saturated rings. The van der Waals surface area contributed by atoms with E-state index in [1.54, 1.807) is 0 Å². The van der Waals surface area contributed by atoms with E-state index in [-0.39, 0.29) is 5.56 Å². The van der Waals surface area contributed by atoms with Crippen LogP contribution in [0, 0.1) is 11.3 Å². The number of nitrogens with zero attached hydrogens (tertiary/aromatic N) is 3. The zero-order chi connectivity index (χ0) is 13.1. The second-order valence-corrected chi connectivity index (χ2v) is 3.81. The lowest BCUT2D eigenvalue weighted by atomic mass is 10.2. The summed E-state index contributed by atoms with van der Waals surface area (Å²) in [6.45, 7) is 4.70. The van der Waals surface area contributed by atoms with E-state index in [0.29, 0.717) is 42.1 Å². The zero-order valence-electron chi connectivity index (χ0n) is 10.4. The summed E-state index contributed by atoms with van der Waals surface area (Å²) >= 11 is 0. The Morgan fingerprint density at radius 1 is 1.56 bits per heavy atom. The van der Waals surface area contributed by atoms with Crippen LogP contribution in [0.5, 0.6) is 0 Å². The SMILES string of the molecule is CCOCc1[nH]c2c(C#N)cnn2c(=O)c1CC. The Balaban J connectivity index is 2.68. The summed E-state index contributed by atoms with van der Waals surface area (Å²) in [5.74, 6) is 0. The molecule has 0 saturated heterocycles. The fourth-order valence-corrected chi connectivity index (χ4v) is 1.87. The first kappa shape index (κ1) is 12.3. The van der Waals surface area contributed by atoms with Gasteiger partial charge in [0.25, 0.3) is 5.56 Å². The van der Waals surface area contributed by atoms with Gasteiger partial charge in [0.1, 0.15) is 11.6 Å². The average Bonchev–Trinajstić information content (AvgIpc) is 2.79. The quantitative estimate of drug-likeness (QED) is 0.872. The van der Waals surface area contributed by atoms with Gasteiger partial charge in [0, 0.05) is 12.2 Å². The third kappa shape index (κ3) is 1.89. The normalized spacial score (nSPS) is 10.7. The molecule has 0 atom stereocenters. The number of hydrogen-bond acceptors (Lipinski definition) is 4. The predicted molar refractivity (Wildman–Crippen MR) is 65.2 cm³/mol. The van der Waals surface area contributed by atoms with Crippen molar-refractivity contribution in [2.24, 2.45) is 0 Å². The van der Waals surface area contributed by atoms with Gasteiger partial charge in [0.05, 0.1) is 18.5 Å². The number of rotatable bonds is 4. The lowest BCUT2D eigenvalue weighted by molar-refractivity contribution is 0.130. The van der Waals surface area contributed by atoms with Gasteiger partial charge >= 0.3 is 0 Å². The van der Waals surface area contributed by atoms with Crippen LogP contribution in [0.1, 0.15) is 30.7 Å². The van der Waals surface area contributed by atoms with Crippen molar-refractivity contribution in [3.05, 3.63) is 33.4 Å². The molecular formula is C12H14N4O2. The number of nitriles is 1. The Hall–Kier alpha value is -2.13. The summed E-state index contributed by atoms with van der Waals surface area (Å²) in [5, 5.41) is 12.9. The van der Waals surface area contributed by atoms with E-state index >= 15 is 0 Å². The largest absolute Gasteiger partial charge is 0.376 e. The van der Waals surface area contributed by atoms with Crippen molar-refractivity contribution in [2.45, 2.75) is 26.9 Å². The summed E-state index contributed by atoms with van der Waals surface area (Å²) in [6, 6.07) is 2.00. The predicted octanol–water partition coefficient (Wildman–Crippen LogP) is 0.993. The number of ether oxygens (including phenoxy) is 1. The first-order valence-corrected chi connectivity index (χ1v) is 5.82. The van der Waals surface area contributed by atoms with Crippen LogP contribution in [-0.2, 0) is 17.8 Å². The van der Waals surface area contributed by atoms with Gasteiger partial charge < -0.3 is 9.72 Å². The van der Waals surface area contributed by atoms with Crippen molar-refractivity contribution >= 4 is 5.65 Å². The Kier molecular flexibility index (Phi) is 3.44. The monoisotopic (exact) mass is 246 g/mol. The summed E-state index contributed by atoms with van der Waals surface area (Å²) in [6.07, 6.45) is 1.98. The highest BCUT2D eigenvalue weighted by molar-refractivity contribution is 5.54. The van der Waals surface area contributed by atoms with E-state index in [2.05, 4.69) is 10.1 Å². The van der Waals surface area contributed by atoms with Crippen molar-refractivity contribution in [2.75, 3.05) is 6.61 Å². The maximum Gasteiger partial charge on any atom is 0.277 e. The summed E-state index contributed by atoms with van der Waals surface area (Å²) in [4.78, 5) is 15.3. The smallest absolute Gasteiger partial charge is 0.277 e. The van der Waals surface area contributed by atoms with Gasteiger partial charge in [-0.2, -0.15) is 14.9 Å². The number of nitrogens with one attached hydrogen (secondary N) is 1. The van der Waals surface area contributed by atoms with Crippen molar-refractivity contribution in [1.29, 1.82) is 5.26 Å². The molecule has 94 valence electrons. The van der Waals surface area contributed by atoms with Crippen molar-refractivity contribution in [3.63, 3.8) is 0 Å². The summed E-state index contributed by atoms with van der Waals surface area (Å²) in [7, 11) is 0. The van der Waals surface area contributed by atoms with Gasteiger partial charge in [0.15, 0.2) is 5.65 Å². The van der Waals surface area contributed by atoms with Crippen LogP contribution in [0.3, 0.4) is 0 Å². The van der Waals surface area contributed by atoms with Gasteiger partial charge in [-0.05, 0) is 13.3 Å². The van der Waals surface area contributed by atoms with Gasteiger partial charge in [0.2, 0.25) is 0 Å². The van der Waals surface area contributed by atoms with Crippen LogP contribution in [0.25, 0.3) is 5.65 Å². The minimum Gasteiger partial charge on any atom is -0.376 e. The molecule has 1 N–H and O–H groups in total. The van der Waals surface area contributed by atoms with Crippen LogP contribution >= 0.6 is 0 Å². The minimum atomic E-state index is -0.192. The lowest BCUT2D eigenvalue weighted by Gasteiger charge is -2.08. The first-order chi connectivity index (χ1) is 8.72. The molecule has 6 nitrogen and oxygen atoms in total. The van der Waals surface area contributed by atoms with Crippen LogP contribution in [-0.4, -0.2) is 21.2 Å². The highest BCUT2D eigenvalue weighted by atomic mass is 16.5. The Bertz CT molecular complexity index is 663. The third-order valence-corrected chi connectivity index (χ3v) is 2.78. The molecule has 2 aromatic rings. The topological polar surface area (TPSA) is 83.2 Å². The third-order valence-electron chi connectivity index (χ3n) is 2.78. The van der Waals surface area contributed by atoms with E-state index in [1.165, 1.54) is 10.7 Å². The molecule has 0 aliphatic rings. The van der Waals surface area contributed by atoms with E-state index in [4.69, 9.17) is 10.00 Å². The van der Waals surface area contributed by atoms with Crippen molar-refractivity contribution < 1.29 is 4.74 Å². The zero-order valence-corrected chi connectivity index (χ0v) is 10.4. The molecule has 0 radical (unpaired) electrons. The number of hydrogen-bond donors (Lipinski definition) is 1. The second kappa shape index (κ2) is 5.02. The molecule has 0 aliphatic carbocycles. The van der Waals surface area contributed by atoms with Crippen LogP contribution in [0.4, 0.5) is 0 Å². The summed E-state index contributed by atoms with van der Waals surface area (Å²) in [5.41, 5.74) is 1.95.